The van der Waals surface area contributed by atoms with Crippen molar-refractivity contribution in [3.63, 3.8) is 0 Å². The van der Waals surface area contributed by atoms with Gasteiger partial charge in [-0.2, -0.15) is 0 Å². The van der Waals surface area contributed by atoms with Crippen LogP contribution in [-0.2, 0) is 16.6 Å². The highest BCUT2D eigenvalue weighted by Gasteiger charge is 2.20. The average Bonchev–Trinajstić information content (AvgIpc) is 2.36. The zero-order valence-electron chi connectivity index (χ0n) is 12.2. The Morgan fingerprint density at radius 2 is 2.05 bits per heavy atom. The van der Waals surface area contributed by atoms with Gasteiger partial charge in [0.05, 0.1) is 13.5 Å². The SMILES string of the molecule is COc1cccc2c(CC(=O)O)cc(C(C)(C)C)nc12. The Morgan fingerprint density at radius 3 is 2.60 bits per heavy atom. The van der Waals surface area contributed by atoms with Gasteiger partial charge in [0.1, 0.15) is 11.3 Å². The van der Waals surface area contributed by atoms with Crippen molar-refractivity contribution < 1.29 is 14.6 Å². The van der Waals surface area contributed by atoms with Crippen LogP contribution in [-0.4, -0.2) is 23.2 Å². The minimum Gasteiger partial charge on any atom is -0.494 e. The standard InChI is InChI=1S/C16H19NO3/c1-16(2,3)13-8-10(9-14(18)19)11-6-5-7-12(20-4)15(11)17-13/h5-8H,9H2,1-4H3,(H,18,19). The minimum atomic E-state index is -0.847. The molecule has 2 aromatic rings. The highest BCUT2D eigenvalue weighted by molar-refractivity contribution is 5.90. The fraction of sp³-hybridized carbons (Fsp3) is 0.375. The maximum Gasteiger partial charge on any atom is 0.307 e. The number of hydrogen-bond acceptors (Lipinski definition) is 3. The molecule has 0 radical (unpaired) electrons. The summed E-state index contributed by atoms with van der Waals surface area (Å²) in [5.41, 5.74) is 2.21. The van der Waals surface area contributed by atoms with E-state index >= 15 is 0 Å². The van der Waals surface area contributed by atoms with Crippen molar-refractivity contribution in [2.24, 2.45) is 0 Å². The first kappa shape index (κ1) is 14.3. The van der Waals surface area contributed by atoms with Crippen molar-refractivity contribution in [3.05, 3.63) is 35.5 Å². The van der Waals surface area contributed by atoms with Crippen LogP contribution in [0.25, 0.3) is 10.9 Å². The molecule has 1 N–H and O–H groups in total. The Labute approximate surface area is 118 Å². The van der Waals surface area contributed by atoms with E-state index in [-0.39, 0.29) is 11.8 Å². The molecule has 0 amide bonds. The molecule has 20 heavy (non-hydrogen) atoms. The van der Waals surface area contributed by atoms with E-state index in [0.717, 1.165) is 22.2 Å². The number of aliphatic carboxylic acids is 1. The van der Waals surface area contributed by atoms with Gasteiger partial charge in [-0.05, 0) is 17.7 Å². The van der Waals surface area contributed by atoms with Gasteiger partial charge >= 0.3 is 5.97 Å². The normalized spacial score (nSPS) is 11.6. The second kappa shape index (κ2) is 5.12. The number of carboxylic acids is 1. The summed E-state index contributed by atoms with van der Waals surface area (Å²) < 4.78 is 5.35. The van der Waals surface area contributed by atoms with Gasteiger partial charge in [-0.15, -0.1) is 0 Å². The molecule has 0 bridgehead atoms. The van der Waals surface area contributed by atoms with Crippen molar-refractivity contribution in [2.75, 3.05) is 7.11 Å². The second-order valence-corrected chi connectivity index (χ2v) is 5.84. The molecule has 1 aromatic carbocycles. The summed E-state index contributed by atoms with van der Waals surface area (Å²) >= 11 is 0. The van der Waals surface area contributed by atoms with E-state index in [1.807, 2.05) is 24.3 Å². The fourth-order valence-corrected chi connectivity index (χ4v) is 2.15. The zero-order chi connectivity index (χ0) is 14.9. The quantitative estimate of drug-likeness (QED) is 0.933. The minimum absolute atomic E-state index is 0.0186. The molecule has 0 spiro atoms. The third-order valence-corrected chi connectivity index (χ3v) is 3.22. The lowest BCUT2D eigenvalue weighted by Gasteiger charge is -2.20. The van der Waals surface area contributed by atoms with Gasteiger partial charge in [0.25, 0.3) is 0 Å². The van der Waals surface area contributed by atoms with Gasteiger partial charge in [-0.1, -0.05) is 32.9 Å². The van der Waals surface area contributed by atoms with E-state index in [1.165, 1.54) is 0 Å². The van der Waals surface area contributed by atoms with Crippen molar-refractivity contribution >= 4 is 16.9 Å². The summed E-state index contributed by atoms with van der Waals surface area (Å²) in [6, 6.07) is 7.46. The van der Waals surface area contributed by atoms with Crippen LogP contribution in [0.2, 0.25) is 0 Å². The van der Waals surface area contributed by atoms with Crippen molar-refractivity contribution in [1.29, 1.82) is 0 Å². The number of pyridine rings is 1. The molecule has 0 aliphatic rings. The molecule has 0 unspecified atom stereocenters. The monoisotopic (exact) mass is 273 g/mol. The number of para-hydroxylation sites is 1. The largest absolute Gasteiger partial charge is 0.494 e. The smallest absolute Gasteiger partial charge is 0.307 e. The van der Waals surface area contributed by atoms with E-state index in [0.29, 0.717) is 5.75 Å². The van der Waals surface area contributed by atoms with Crippen LogP contribution in [0.1, 0.15) is 32.0 Å². The number of carboxylic acid groups (broad SMARTS) is 1. The van der Waals surface area contributed by atoms with Crippen LogP contribution < -0.4 is 4.74 Å². The summed E-state index contributed by atoms with van der Waals surface area (Å²) in [6.07, 6.45) is -0.0186. The number of ether oxygens (including phenoxy) is 1. The highest BCUT2D eigenvalue weighted by Crippen LogP contribution is 2.31. The van der Waals surface area contributed by atoms with Crippen LogP contribution in [0.5, 0.6) is 5.75 Å². The van der Waals surface area contributed by atoms with Gasteiger partial charge in [0.15, 0.2) is 0 Å². The van der Waals surface area contributed by atoms with Crippen molar-refractivity contribution in [2.45, 2.75) is 32.6 Å². The molecule has 0 aliphatic heterocycles. The highest BCUT2D eigenvalue weighted by atomic mass is 16.5. The van der Waals surface area contributed by atoms with Crippen LogP contribution in [0.15, 0.2) is 24.3 Å². The third kappa shape index (κ3) is 2.74. The fourth-order valence-electron chi connectivity index (χ4n) is 2.15. The van der Waals surface area contributed by atoms with Crippen LogP contribution in [0, 0.1) is 0 Å². The van der Waals surface area contributed by atoms with Crippen LogP contribution in [0.4, 0.5) is 0 Å². The first-order valence-corrected chi connectivity index (χ1v) is 6.52. The van der Waals surface area contributed by atoms with E-state index < -0.39 is 5.97 Å². The summed E-state index contributed by atoms with van der Waals surface area (Å²) in [7, 11) is 1.59. The molecule has 0 saturated heterocycles. The van der Waals surface area contributed by atoms with Crippen LogP contribution in [0.3, 0.4) is 0 Å². The summed E-state index contributed by atoms with van der Waals surface area (Å²) in [6.45, 7) is 6.17. The molecule has 2 rings (SSSR count). The van der Waals surface area contributed by atoms with Gasteiger partial charge in [-0.3, -0.25) is 4.79 Å². The van der Waals surface area contributed by atoms with E-state index in [9.17, 15) is 4.79 Å². The maximum absolute atomic E-state index is 11.1. The van der Waals surface area contributed by atoms with Crippen molar-refractivity contribution in [1.82, 2.24) is 4.98 Å². The number of aromatic nitrogens is 1. The summed E-state index contributed by atoms with van der Waals surface area (Å²) in [5.74, 6) is -0.180. The third-order valence-electron chi connectivity index (χ3n) is 3.22. The lowest BCUT2D eigenvalue weighted by Crippen LogP contribution is -2.15. The van der Waals surface area contributed by atoms with E-state index in [2.05, 4.69) is 25.8 Å². The first-order valence-electron chi connectivity index (χ1n) is 6.52. The Kier molecular flexibility index (Phi) is 3.66. The Hall–Kier alpha value is -2.10. The lowest BCUT2D eigenvalue weighted by atomic mass is 9.89. The van der Waals surface area contributed by atoms with Gasteiger partial charge in [0.2, 0.25) is 0 Å². The molecule has 0 aliphatic carbocycles. The number of rotatable bonds is 3. The molecule has 0 saturated carbocycles. The molecule has 4 heteroatoms. The number of methoxy groups -OCH3 is 1. The predicted molar refractivity (Wildman–Crippen MR) is 78.3 cm³/mol. The van der Waals surface area contributed by atoms with E-state index in [4.69, 9.17) is 9.84 Å². The number of hydrogen-bond donors (Lipinski definition) is 1. The van der Waals surface area contributed by atoms with Crippen molar-refractivity contribution in [3.8, 4) is 5.75 Å². The number of benzene rings is 1. The Morgan fingerprint density at radius 1 is 1.35 bits per heavy atom. The molecule has 0 atom stereocenters. The average molecular weight is 273 g/mol. The predicted octanol–water partition coefficient (Wildman–Crippen LogP) is 3.17. The number of carbonyl (C=O) groups is 1. The lowest BCUT2D eigenvalue weighted by molar-refractivity contribution is -0.136. The Bertz CT molecular complexity index is 657. The zero-order valence-corrected chi connectivity index (χ0v) is 12.2. The van der Waals surface area contributed by atoms with Gasteiger partial charge in [0, 0.05) is 16.5 Å². The number of nitrogens with zero attached hydrogens (tertiary/aromatic N) is 1. The molecule has 4 nitrogen and oxygen atoms in total. The molecular weight excluding hydrogens is 254 g/mol. The van der Waals surface area contributed by atoms with E-state index in [1.54, 1.807) is 7.11 Å². The molecule has 1 heterocycles. The molecule has 106 valence electrons. The number of fused-ring (bicyclic) bond motifs is 1. The molecule has 1 aromatic heterocycles. The molecular formula is C16H19NO3. The summed E-state index contributed by atoms with van der Waals surface area (Å²) in [5, 5.41) is 9.93. The Balaban J connectivity index is 2.78. The second-order valence-electron chi connectivity index (χ2n) is 5.84. The van der Waals surface area contributed by atoms with Gasteiger partial charge < -0.3 is 9.84 Å². The van der Waals surface area contributed by atoms with Crippen LogP contribution >= 0.6 is 0 Å². The van der Waals surface area contributed by atoms with Gasteiger partial charge in [-0.25, -0.2) is 4.98 Å². The topological polar surface area (TPSA) is 59.4 Å². The summed E-state index contributed by atoms with van der Waals surface area (Å²) in [4.78, 5) is 15.7. The molecule has 0 fully saturated rings. The maximum atomic E-state index is 11.1. The first-order chi connectivity index (χ1) is 9.32.